The predicted octanol–water partition coefficient (Wildman–Crippen LogP) is 1.03. The zero-order chi connectivity index (χ0) is 9.90. The zero-order valence-corrected chi connectivity index (χ0v) is 8.60. The van der Waals surface area contributed by atoms with Crippen molar-refractivity contribution < 1.29 is 4.79 Å². The number of hydrogen-bond acceptors (Lipinski definition) is 2. The van der Waals surface area contributed by atoms with Gasteiger partial charge < -0.3 is 11.1 Å². The fourth-order valence-electron chi connectivity index (χ4n) is 2.01. The zero-order valence-electron chi connectivity index (χ0n) is 8.60. The molecule has 13 heavy (non-hydrogen) atoms. The van der Waals surface area contributed by atoms with Crippen molar-refractivity contribution in [2.45, 2.75) is 45.6 Å². The highest BCUT2D eigenvalue weighted by Gasteiger charge is 2.30. The van der Waals surface area contributed by atoms with Gasteiger partial charge in [0, 0.05) is 19.0 Å². The van der Waals surface area contributed by atoms with Gasteiger partial charge in [-0.15, -0.1) is 0 Å². The highest BCUT2D eigenvalue weighted by atomic mass is 16.1. The van der Waals surface area contributed by atoms with E-state index in [-0.39, 0.29) is 5.91 Å². The summed E-state index contributed by atoms with van der Waals surface area (Å²) >= 11 is 0. The number of nitrogens with two attached hydrogens (primary N) is 1. The maximum Gasteiger partial charge on any atom is 0.218 e. The van der Waals surface area contributed by atoms with Crippen LogP contribution in [0.5, 0.6) is 0 Å². The summed E-state index contributed by atoms with van der Waals surface area (Å²) < 4.78 is 0. The molecular formula is C10H20N2O. The first-order valence-electron chi connectivity index (χ1n) is 5.01. The van der Waals surface area contributed by atoms with Gasteiger partial charge in [0.2, 0.25) is 5.91 Å². The number of hydrogen-bond donors (Lipinski definition) is 2. The molecule has 3 heteroatoms. The average molecular weight is 184 g/mol. The first kappa shape index (κ1) is 10.5. The quantitative estimate of drug-likeness (QED) is 0.685. The van der Waals surface area contributed by atoms with Crippen molar-refractivity contribution in [1.82, 2.24) is 5.32 Å². The Labute approximate surface area is 80.1 Å². The number of rotatable bonds is 4. The molecule has 0 saturated heterocycles. The molecule has 1 atom stereocenters. The lowest BCUT2D eigenvalue weighted by Gasteiger charge is -2.17. The molecule has 76 valence electrons. The van der Waals surface area contributed by atoms with Gasteiger partial charge in [0.05, 0.1) is 0 Å². The molecule has 1 aliphatic carbocycles. The van der Waals surface area contributed by atoms with Crippen LogP contribution in [0.1, 0.15) is 39.5 Å². The highest BCUT2D eigenvalue weighted by molar-refractivity contribution is 5.73. The van der Waals surface area contributed by atoms with E-state index >= 15 is 0 Å². The Morgan fingerprint density at radius 1 is 1.62 bits per heavy atom. The van der Waals surface area contributed by atoms with Gasteiger partial charge in [-0.05, 0) is 24.7 Å². The molecule has 0 radical (unpaired) electrons. The largest absolute Gasteiger partial charge is 0.370 e. The van der Waals surface area contributed by atoms with Crippen LogP contribution in [0.2, 0.25) is 0 Å². The Kier molecular flexibility index (Phi) is 3.31. The molecule has 1 rings (SSSR count). The SMILES string of the molecule is CC1(C)CCC(NCCC(N)=O)C1. The van der Waals surface area contributed by atoms with E-state index in [1.165, 1.54) is 19.3 Å². The van der Waals surface area contributed by atoms with Crippen molar-refractivity contribution >= 4 is 5.91 Å². The molecule has 0 aromatic heterocycles. The molecule has 0 aromatic rings. The fourth-order valence-corrected chi connectivity index (χ4v) is 2.01. The third-order valence-electron chi connectivity index (χ3n) is 2.77. The van der Waals surface area contributed by atoms with Gasteiger partial charge in [-0.25, -0.2) is 0 Å². The Hall–Kier alpha value is -0.570. The molecule has 0 aromatic carbocycles. The van der Waals surface area contributed by atoms with Gasteiger partial charge in [0.25, 0.3) is 0 Å². The molecule has 3 N–H and O–H groups in total. The van der Waals surface area contributed by atoms with Gasteiger partial charge in [-0.2, -0.15) is 0 Å². The number of primary amides is 1. The van der Waals surface area contributed by atoms with Gasteiger partial charge in [-0.3, -0.25) is 4.79 Å². The molecule has 0 bridgehead atoms. The molecule has 1 unspecified atom stereocenters. The summed E-state index contributed by atoms with van der Waals surface area (Å²) in [6.07, 6.45) is 4.18. The summed E-state index contributed by atoms with van der Waals surface area (Å²) in [6.45, 7) is 5.32. The van der Waals surface area contributed by atoms with Crippen molar-refractivity contribution in [3.05, 3.63) is 0 Å². The predicted molar refractivity (Wildman–Crippen MR) is 53.2 cm³/mol. The maximum atomic E-state index is 10.5. The third kappa shape index (κ3) is 3.77. The lowest BCUT2D eigenvalue weighted by atomic mass is 9.92. The van der Waals surface area contributed by atoms with Crippen molar-refractivity contribution in [3.8, 4) is 0 Å². The second-order valence-corrected chi connectivity index (χ2v) is 4.77. The van der Waals surface area contributed by atoms with Gasteiger partial charge in [0.15, 0.2) is 0 Å². The van der Waals surface area contributed by atoms with Crippen LogP contribution in [0.25, 0.3) is 0 Å². The first-order valence-corrected chi connectivity index (χ1v) is 5.01. The Morgan fingerprint density at radius 2 is 2.31 bits per heavy atom. The molecule has 0 aliphatic heterocycles. The number of carbonyl (C=O) groups excluding carboxylic acids is 1. The minimum atomic E-state index is -0.218. The van der Waals surface area contributed by atoms with Gasteiger partial charge in [0.1, 0.15) is 0 Å². The van der Waals surface area contributed by atoms with Gasteiger partial charge >= 0.3 is 0 Å². The van der Waals surface area contributed by atoms with Crippen molar-refractivity contribution in [1.29, 1.82) is 0 Å². The van der Waals surface area contributed by atoms with Crippen molar-refractivity contribution in [2.24, 2.45) is 11.1 Å². The lowest BCUT2D eigenvalue weighted by molar-refractivity contribution is -0.117. The van der Waals surface area contributed by atoms with E-state index in [0.29, 0.717) is 17.9 Å². The van der Waals surface area contributed by atoms with Crippen molar-refractivity contribution in [3.63, 3.8) is 0 Å². The second-order valence-electron chi connectivity index (χ2n) is 4.77. The molecule has 1 amide bonds. The lowest BCUT2D eigenvalue weighted by Crippen LogP contribution is -2.30. The molecule has 0 heterocycles. The van der Waals surface area contributed by atoms with E-state index in [9.17, 15) is 4.79 Å². The Balaban J connectivity index is 2.14. The van der Waals surface area contributed by atoms with Crippen LogP contribution in [0.3, 0.4) is 0 Å². The smallest absolute Gasteiger partial charge is 0.218 e. The van der Waals surface area contributed by atoms with Crippen LogP contribution >= 0.6 is 0 Å². The normalized spacial score (nSPS) is 26.2. The monoisotopic (exact) mass is 184 g/mol. The molecule has 1 fully saturated rings. The van der Waals surface area contributed by atoms with Crippen LogP contribution in [-0.2, 0) is 4.79 Å². The molecule has 3 nitrogen and oxygen atoms in total. The van der Waals surface area contributed by atoms with E-state index in [4.69, 9.17) is 5.73 Å². The summed E-state index contributed by atoms with van der Waals surface area (Å²) in [5.41, 5.74) is 5.53. The number of amides is 1. The summed E-state index contributed by atoms with van der Waals surface area (Å²) in [5.74, 6) is -0.218. The molecular weight excluding hydrogens is 164 g/mol. The Bertz CT molecular complexity index is 189. The molecule has 1 aliphatic rings. The minimum Gasteiger partial charge on any atom is -0.370 e. The Morgan fingerprint density at radius 3 is 2.77 bits per heavy atom. The van der Waals surface area contributed by atoms with Crippen LogP contribution in [-0.4, -0.2) is 18.5 Å². The number of carbonyl (C=O) groups is 1. The molecule has 1 saturated carbocycles. The van der Waals surface area contributed by atoms with Crippen LogP contribution in [0, 0.1) is 5.41 Å². The van der Waals surface area contributed by atoms with Crippen molar-refractivity contribution in [2.75, 3.05) is 6.54 Å². The minimum absolute atomic E-state index is 0.218. The van der Waals surface area contributed by atoms with E-state index in [0.717, 1.165) is 6.54 Å². The van der Waals surface area contributed by atoms with Crippen LogP contribution in [0.4, 0.5) is 0 Å². The van der Waals surface area contributed by atoms with E-state index in [1.807, 2.05) is 0 Å². The summed E-state index contributed by atoms with van der Waals surface area (Å²) in [5, 5.41) is 3.37. The van der Waals surface area contributed by atoms with Crippen LogP contribution < -0.4 is 11.1 Å². The summed E-state index contributed by atoms with van der Waals surface area (Å²) in [7, 11) is 0. The van der Waals surface area contributed by atoms with Gasteiger partial charge in [-0.1, -0.05) is 13.8 Å². The summed E-state index contributed by atoms with van der Waals surface area (Å²) in [6, 6.07) is 0.592. The van der Waals surface area contributed by atoms with E-state index in [1.54, 1.807) is 0 Å². The topological polar surface area (TPSA) is 55.1 Å². The second kappa shape index (κ2) is 4.09. The maximum absolute atomic E-state index is 10.5. The highest BCUT2D eigenvalue weighted by Crippen LogP contribution is 2.36. The fraction of sp³-hybridized carbons (Fsp3) is 0.900. The van der Waals surface area contributed by atoms with E-state index < -0.39 is 0 Å². The third-order valence-corrected chi connectivity index (χ3v) is 2.77. The van der Waals surface area contributed by atoms with E-state index in [2.05, 4.69) is 19.2 Å². The standard InChI is InChI=1S/C10H20N2O/c1-10(2)5-3-8(7-10)12-6-4-9(11)13/h8,12H,3-7H2,1-2H3,(H2,11,13). The van der Waals surface area contributed by atoms with Crippen LogP contribution in [0.15, 0.2) is 0 Å². The first-order chi connectivity index (χ1) is 5.99. The number of nitrogens with one attached hydrogen (secondary N) is 1. The molecule has 0 spiro atoms. The average Bonchev–Trinajstić information content (AvgIpc) is 2.29. The summed E-state index contributed by atoms with van der Waals surface area (Å²) in [4.78, 5) is 10.5.